The summed E-state index contributed by atoms with van der Waals surface area (Å²) < 4.78 is 25.8. The van der Waals surface area contributed by atoms with E-state index in [0.29, 0.717) is 9.75 Å². The minimum atomic E-state index is -3.85. The van der Waals surface area contributed by atoms with Crippen LogP contribution in [-0.2, 0) is 25.8 Å². The van der Waals surface area contributed by atoms with Gasteiger partial charge in [0, 0.05) is 22.8 Å². The van der Waals surface area contributed by atoms with Crippen molar-refractivity contribution in [3.63, 3.8) is 0 Å². The molecule has 0 saturated carbocycles. The molecule has 2 N–H and O–H groups in total. The molecule has 3 heterocycles. The van der Waals surface area contributed by atoms with Gasteiger partial charge in [-0.3, -0.25) is 14.8 Å². The zero-order valence-electron chi connectivity index (χ0n) is 18.7. The van der Waals surface area contributed by atoms with E-state index in [1.165, 1.54) is 28.2 Å². The summed E-state index contributed by atoms with van der Waals surface area (Å²) in [5.74, 6) is -1.25. The van der Waals surface area contributed by atoms with Gasteiger partial charge in [0.25, 0.3) is 5.91 Å². The summed E-state index contributed by atoms with van der Waals surface area (Å²) in [4.78, 5) is 28.7. The summed E-state index contributed by atoms with van der Waals surface area (Å²) in [5.41, 5.74) is 3.77. The molecule has 180 valence electrons. The van der Waals surface area contributed by atoms with Crippen molar-refractivity contribution in [2.45, 2.75) is 30.9 Å². The lowest BCUT2D eigenvalue weighted by atomic mass is 9.97. The molecule has 0 radical (unpaired) electrons. The number of nitrogens with zero attached hydrogens (tertiary/aromatic N) is 1. The van der Waals surface area contributed by atoms with Crippen LogP contribution in [0.4, 0.5) is 0 Å². The van der Waals surface area contributed by atoms with Gasteiger partial charge in [0.05, 0.1) is 17.1 Å². The summed E-state index contributed by atoms with van der Waals surface area (Å²) in [5, 5.41) is 11.0. The SMILES string of the molecule is CCc1ccc(-c2ccc(C3(CC(=O)NO)CCN(C(=O)c4cccs4)CCS3(=O)=O)s2)cc1. The van der Waals surface area contributed by atoms with Crippen molar-refractivity contribution in [1.82, 2.24) is 10.4 Å². The molecule has 2 aromatic heterocycles. The number of thiophene rings is 2. The highest BCUT2D eigenvalue weighted by molar-refractivity contribution is 7.92. The monoisotopic (exact) mass is 518 g/mol. The minimum absolute atomic E-state index is 0.0538. The molecule has 4 rings (SSSR count). The molecule has 0 bridgehead atoms. The van der Waals surface area contributed by atoms with Crippen LogP contribution in [0.5, 0.6) is 0 Å². The van der Waals surface area contributed by atoms with Crippen molar-refractivity contribution < 1.29 is 23.2 Å². The Bertz CT molecular complexity index is 1270. The number of carbonyl (C=O) groups excluding carboxylic acids is 2. The van der Waals surface area contributed by atoms with Crippen LogP contribution in [0.2, 0.25) is 0 Å². The number of rotatable bonds is 6. The number of nitrogens with one attached hydrogen (secondary N) is 1. The van der Waals surface area contributed by atoms with Crippen molar-refractivity contribution >= 4 is 44.3 Å². The third-order valence-corrected chi connectivity index (χ3v) is 11.1. The number of aryl methyl sites for hydroxylation is 1. The minimum Gasteiger partial charge on any atom is -0.337 e. The van der Waals surface area contributed by atoms with Gasteiger partial charge in [0.15, 0.2) is 9.84 Å². The lowest BCUT2D eigenvalue weighted by Gasteiger charge is -2.30. The smallest absolute Gasteiger partial charge is 0.263 e. The molecule has 1 unspecified atom stereocenters. The molecule has 1 fully saturated rings. The molecular formula is C24H26N2O5S3. The van der Waals surface area contributed by atoms with E-state index in [4.69, 9.17) is 0 Å². The molecule has 3 aromatic rings. The van der Waals surface area contributed by atoms with Crippen LogP contribution >= 0.6 is 22.7 Å². The maximum absolute atomic E-state index is 13.7. The Morgan fingerprint density at radius 3 is 2.53 bits per heavy atom. The van der Waals surface area contributed by atoms with Crippen LogP contribution in [-0.4, -0.2) is 49.2 Å². The Morgan fingerprint density at radius 2 is 1.88 bits per heavy atom. The molecule has 1 saturated heterocycles. The number of amides is 2. The summed E-state index contributed by atoms with van der Waals surface area (Å²) >= 11 is 2.64. The van der Waals surface area contributed by atoms with E-state index in [2.05, 4.69) is 6.92 Å². The van der Waals surface area contributed by atoms with Crippen molar-refractivity contribution in [2.24, 2.45) is 0 Å². The number of hydroxylamine groups is 1. The van der Waals surface area contributed by atoms with Gasteiger partial charge in [-0.15, -0.1) is 22.7 Å². The molecule has 7 nitrogen and oxygen atoms in total. The predicted molar refractivity (Wildman–Crippen MR) is 134 cm³/mol. The zero-order chi connectivity index (χ0) is 24.3. The average molecular weight is 519 g/mol. The second-order valence-electron chi connectivity index (χ2n) is 8.26. The first-order chi connectivity index (χ1) is 16.3. The fourth-order valence-corrected chi connectivity index (χ4v) is 8.57. The Kier molecular flexibility index (Phi) is 7.22. The topological polar surface area (TPSA) is 104 Å². The highest BCUT2D eigenvalue weighted by Crippen LogP contribution is 2.45. The first kappa shape index (κ1) is 24.6. The lowest BCUT2D eigenvalue weighted by molar-refractivity contribution is -0.129. The van der Waals surface area contributed by atoms with Crippen LogP contribution in [0.3, 0.4) is 0 Å². The van der Waals surface area contributed by atoms with E-state index in [0.717, 1.165) is 16.9 Å². The molecule has 1 aromatic carbocycles. The van der Waals surface area contributed by atoms with E-state index < -0.39 is 26.9 Å². The van der Waals surface area contributed by atoms with Gasteiger partial charge < -0.3 is 4.90 Å². The fraction of sp³-hybridized carbons (Fsp3) is 0.333. The fourth-order valence-electron chi connectivity index (χ4n) is 4.27. The Labute approximate surface area is 206 Å². The Morgan fingerprint density at radius 1 is 1.12 bits per heavy atom. The van der Waals surface area contributed by atoms with Crippen molar-refractivity contribution in [3.8, 4) is 10.4 Å². The van der Waals surface area contributed by atoms with Crippen molar-refractivity contribution in [1.29, 1.82) is 0 Å². The second kappa shape index (κ2) is 9.99. The van der Waals surface area contributed by atoms with Crippen LogP contribution < -0.4 is 5.48 Å². The predicted octanol–water partition coefficient (Wildman–Crippen LogP) is 4.09. The molecule has 1 aliphatic rings. The third-order valence-electron chi connectivity index (χ3n) is 6.30. The zero-order valence-corrected chi connectivity index (χ0v) is 21.1. The molecule has 1 aliphatic heterocycles. The maximum Gasteiger partial charge on any atom is 0.263 e. The van der Waals surface area contributed by atoms with E-state index in [1.807, 2.05) is 30.3 Å². The molecule has 0 spiro atoms. The van der Waals surface area contributed by atoms with Gasteiger partial charge >= 0.3 is 0 Å². The Hall–Kier alpha value is -2.53. The third kappa shape index (κ3) is 4.68. The molecular weight excluding hydrogens is 492 g/mol. The molecule has 10 heteroatoms. The number of carbonyl (C=O) groups is 2. The van der Waals surface area contributed by atoms with Gasteiger partial charge in [0.2, 0.25) is 5.91 Å². The summed E-state index contributed by atoms with van der Waals surface area (Å²) in [6.07, 6.45) is 0.574. The van der Waals surface area contributed by atoms with Gasteiger partial charge in [-0.1, -0.05) is 37.3 Å². The van der Waals surface area contributed by atoms with Gasteiger partial charge in [-0.05, 0) is 47.5 Å². The summed E-state index contributed by atoms with van der Waals surface area (Å²) in [7, 11) is -3.85. The van der Waals surface area contributed by atoms with Crippen LogP contribution in [0.25, 0.3) is 10.4 Å². The molecule has 2 amide bonds. The van der Waals surface area contributed by atoms with E-state index >= 15 is 0 Å². The van der Waals surface area contributed by atoms with Crippen LogP contribution in [0, 0.1) is 0 Å². The number of hydrogen-bond donors (Lipinski definition) is 2. The molecule has 0 aliphatic carbocycles. The van der Waals surface area contributed by atoms with E-state index in [1.54, 1.807) is 34.0 Å². The van der Waals surface area contributed by atoms with Gasteiger partial charge in [0.1, 0.15) is 4.75 Å². The van der Waals surface area contributed by atoms with Gasteiger partial charge in [-0.2, -0.15) is 0 Å². The van der Waals surface area contributed by atoms with E-state index in [9.17, 15) is 23.2 Å². The molecule has 1 atom stereocenters. The Balaban J connectivity index is 1.72. The largest absolute Gasteiger partial charge is 0.337 e. The average Bonchev–Trinajstić information content (AvgIpc) is 3.53. The van der Waals surface area contributed by atoms with Crippen LogP contribution in [0.1, 0.15) is 39.9 Å². The van der Waals surface area contributed by atoms with E-state index in [-0.39, 0.29) is 31.2 Å². The van der Waals surface area contributed by atoms with Crippen LogP contribution in [0.15, 0.2) is 53.9 Å². The number of hydrogen-bond acceptors (Lipinski definition) is 7. The van der Waals surface area contributed by atoms with Gasteiger partial charge in [-0.25, -0.2) is 13.9 Å². The van der Waals surface area contributed by atoms with Crippen molar-refractivity contribution in [2.75, 3.05) is 18.8 Å². The summed E-state index contributed by atoms with van der Waals surface area (Å²) in [6, 6.07) is 15.2. The lowest BCUT2D eigenvalue weighted by Crippen LogP contribution is -2.41. The number of benzene rings is 1. The highest BCUT2D eigenvalue weighted by atomic mass is 32.2. The standard InChI is InChI=1S/C24H26N2O5S3/c1-2-17-5-7-18(8-6-17)19-9-10-21(33-19)24(16-22(27)25-29)11-12-26(13-15-34(24,30)31)23(28)20-4-3-14-32-20/h3-10,14,29H,2,11-13,15-16H2,1H3,(H,25,27). The van der Waals surface area contributed by atoms with Crippen molar-refractivity contribution in [3.05, 3.63) is 69.2 Å². The number of sulfone groups is 1. The maximum atomic E-state index is 13.7. The normalized spacial score (nSPS) is 20.0. The second-order valence-corrected chi connectivity index (χ2v) is 12.7. The highest BCUT2D eigenvalue weighted by Gasteiger charge is 2.50. The quantitative estimate of drug-likeness (QED) is 0.378. The first-order valence-electron chi connectivity index (χ1n) is 11.0. The first-order valence-corrected chi connectivity index (χ1v) is 14.3. The molecule has 34 heavy (non-hydrogen) atoms. The summed E-state index contributed by atoms with van der Waals surface area (Å²) in [6.45, 7) is 2.32.